The third kappa shape index (κ3) is 5.10. The molecule has 2 aromatic heterocycles. The van der Waals surface area contributed by atoms with Crippen LogP contribution >= 0.6 is 39.0 Å². The molecule has 1 aliphatic rings. The lowest BCUT2D eigenvalue weighted by Crippen LogP contribution is -2.35. The average molecular weight is 520 g/mol. The molecular weight excluding hydrogens is 500 g/mol. The Bertz CT molecular complexity index is 1160. The van der Waals surface area contributed by atoms with Crippen molar-refractivity contribution in [3.05, 3.63) is 56.1 Å². The molecule has 0 aliphatic heterocycles. The summed E-state index contributed by atoms with van der Waals surface area (Å²) in [7, 11) is 0. The number of benzene rings is 1. The van der Waals surface area contributed by atoms with Crippen LogP contribution in [0.2, 0.25) is 0 Å². The van der Waals surface area contributed by atoms with Crippen molar-refractivity contribution in [2.24, 2.45) is 11.8 Å². The number of carboxylic acids is 1. The highest BCUT2D eigenvalue weighted by Crippen LogP contribution is 2.31. The Morgan fingerprint density at radius 2 is 1.87 bits per heavy atom. The predicted octanol–water partition coefficient (Wildman–Crippen LogP) is 3.75. The van der Waals surface area contributed by atoms with Gasteiger partial charge < -0.3 is 9.90 Å². The number of fused-ring (bicyclic) bond motifs is 1. The molecule has 0 saturated heterocycles. The molecule has 0 bridgehead atoms. The number of ketones is 1. The van der Waals surface area contributed by atoms with Gasteiger partial charge in [0, 0.05) is 22.6 Å². The van der Waals surface area contributed by atoms with E-state index < -0.39 is 11.9 Å². The van der Waals surface area contributed by atoms with Gasteiger partial charge >= 0.3 is 0 Å². The molecular formula is C22H20BrN2O4S2-. The lowest BCUT2D eigenvalue weighted by atomic mass is 9.82. The standard InChI is InChI=1S/C22H21BrN2O4S2/c23-16-7-5-14(6-8-16)18(26)12-31-22-24-17-9-10-30-19(17)20(27)25(22)11-13-1-3-15(4-2-13)21(28)29/h5-10,13,15H,1-4,11-12H2,(H,28,29)/p-1. The van der Waals surface area contributed by atoms with Crippen LogP contribution < -0.4 is 10.7 Å². The second-order valence-corrected chi connectivity index (χ2v) is 10.5. The molecule has 162 valence electrons. The summed E-state index contributed by atoms with van der Waals surface area (Å²) in [4.78, 5) is 41.5. The molecule has 0 amide bonds. The quantitative estimate of drug-likeness (QED) is 0.268. The number of rotatable bonds is 7. The van der Waals surface area contributed by atoms with Gasteiger partial charge in [-0.25, -0.2) is 4.98 Å². The highest BCUT2D eigenvalue weighted by molar-refractivity contribution is 9.10. The third-order valence-corrected chi connectivity index (χ3v) is 8.05. The number of carboxylic acid groups (broad SMARTS) is 1. The van der Waals surface area contributed by atoms with E-state index in [1.165, 1.54) is 23.1 Å². The normalized spacial score (nSPS) is 18.9. The average Bonchev–Trinajstić information content (AvgIpc) is 3.24. The van der Waals surface area contributed by atoms with Crippen LogP contribution in [0.3, 0.4) is 0 Å². The van der Waals surface area contributed by atoms with Crippen LogP contribution in [0.1, 0.15) is 36.0 Å². The van der Waals surface area contributed by atoms with E-state index >= 15 is 0 Å². The molecule has 1 saturated carbocycles. The van der Waals surface area contributed by atoms with E-state index in [2.05, 4.69) is 20.9 Å². The second kappa shape index (κ2) is 9.67. The molecule has 0 radical (unpaired) electrons. The fraction of sp³-hybridized carbons (Fsp3) is 0.364. The number of carbonyl (C=O) groups excluding carboxylic acids is 2. The van der Waals surface area contributed by atoms with Crippen LogP contribution in [0, 0.1) is 11.8 Å². The largest absolute Gasteiger partial charge is 0.550 e. The Kier molecular flexibility index (Phi) is 6.93. The monoisotopic (exact) mass is 519 g/mol. The van der Waals surface area contributed by atoms with E-state index in [9.17, 15) is 19.5 Å². The molecule has 0 unspecified atom stereocenters. The van der Waals surface area contributed by atoms with Crippen LogP contribution in [-0.4, -0.2) is 27.1 Å². The number of nitrogens with zero attached hydrogens (tertiary/aromatic N) is 2. The minimum Gasteiger partial charge on any atom is -0.550 e. The smallest absolute Gasteiger partial charge is 0.272 e. The van der Waals surface area contributed by atoms with Gasteiger partial charge in [0.25, 0.3) is 5.56 Å². The maximum Gasteiger partial charge on any atom is 0.272 e. The molecule has 4 rings (SSSR count). The van der Waals surface area contributed by atoms with Gasteiger partial charge in [0.1, 0.15) is 4.70 Å². The molecule has 9 heteroatoms. The molecule has 1 aromatic carbocycles. The summed E-state index contributed by atoms with van der Waals surface area (Å²) in [5.41, 5.74) is 1.16. The van der Waals surface area contributed by atoms with E-state index in [0.29, 0.717) is 40.3 Å². The Hall–Kier alpha value is -1.97. The zero-order valence-electron chi connectivity index (χ0n) is 16.6. The number of carbonyl (C=O) groups is 2. The van der Waals surface area contributed by atoms with E-state index in [4.69, 9.17) is 0 Å². The number of Topliss-reactive ketones (excluding diaryl/α,β-unsaturated/α-hetero) is 1. The van der Waals surface area contributed by atoms with Crippen molar-refractivity contribution < 1.29 is 14.7 Å². The number of hydrogen-bond donors (Lipinski definition) is 0. The first-order chi connectivity index (χ1) is 14.9. The molecule has 3 aromatic rings. The van der Waals surface area contributed by atoms with E-state index in [1.807, 2.05) is 23.6 Å². The van der Waals surface area contributed by atoms with Gasteiger partial charge in [-0.2, -0.15) is 0 Å². The third-order valence-electron chi connectivity index (χ3n) is 5.65. The number of halogens is 1. The fourth-order valence-electron chi connectivity index (χ4n) is 3.88. The van der Waals surface area contributed by atoms with Crippen molar-refractivity contribution in [1.82, 2.24) is 9.55 Å². The lowest BCUT2D eigenvalue weighted by Gasteiger charge is -2.29. The summed E-state index contributed by atoms with van der Waals surface area (Å²) in [5.74, 6) is -1.03. The van der Waals surface area contributed by atoms with Crippen molar-refractivity contribution in [1.29, 1.82) is 0 Å². The first kappa shape index (κ1) is 22.2. The van der Waals surface area contributed by atoms with Crippen LogP contribution in [0.25, 0.3) is 10.2 Å². The summed E-state index contributed by atoms with van der Waals surface area (Å²) < 4.78 is 3.18. The van der Waals surface area contributed by atoms with Crippen LogP contribution in [0.4, 0.5) is 0 Å². The molecule has 6 nitrogen and oxygen atoms in total. The summed E-state index contributed by atoms with van der Waals surface area (Å²) in [6.07, 6.45) is 2.60. The van der Waals surface area contributed by atoms with E-state index in [0.717, 1.165) is 17.3 Å². The molecule has 1 fully saturated rings. The van der Waals surface area contributed by atoms with Gasteiger partial charge in [-0.05, 0) is 61.1 Å². The lowest BCUT2D eigenvalue weighted by molar-refractivity contribution is -0.312. The number of aromatic nitrogens is 2. The summed E-state index contributed by atoms with van der Waals surface area (Å²) in [6.45, 7) is 0.480. The topological polar surface area (TPSA) is 92.1 Å². The minimum atomic E-state index is -0.986. The Morgan fingerprint density at radius 3 is 2.55 bits per heavy atom. The Balaban J connectivity index is 1.54. The summed E-state index contributed by atoms with van der Waals surface area (Å²) >= 11 is 6.00. The maximum absolute atomic E-state index is 13.1. The molecule has 0 spiro atoms. The Morgan fingerprint density at radius 1 is 1.16 bits per heavy atom. The van der Waals surface area contributed by atoms with Gasteiger partial charge in [-0.15, -0.1) is 11.3 Å². The van der Waals surface area contributed by atoms with Gasteiger partial charge in [0.2, 0.25) is 0 Å². The molecule has 0 N–H and O–H groups in total. The van der Waals surface area contributed by atoms with Crippen LogP contribution in [0.15, 0.2) is 50.1 Å². The van der Waals surface area contributed by atoms with Crippen molar-refractivity contribution in [2.75, 3.05) is 5.75 Å². The van der Waals surface area contributed by atoms with Crippen molar-refractivity contribution >= 4 is 61.0 Å². The van der Waals surface area contributed by atoms with Crippen molar-refractivity contribution in [3.63, 3.8) is 0 Å². The zero-order chi connectivity index (χ0) is 22.0. The molecule has 31 heavy (non-hydrogen) atoms. The predicted molar refractivity (Wildman–Crippen MR) is 124 cm³/mol. The van der Waals surface area contributed by atoms with Crippen molar-refractivity contribution in [2.45, 2.75) is 37.4 Å². The first-order valence-corrected chi connectivity index (χ1v) is 12.7. The molecule has 1 aliphatic carbocycles. The first-order valence-electron chi connectivity index (χ1n) is 10.0. The minimum absolute atomic E-state index is 0.0295. The highest BCUT2D eigenvalue weighted by Gasteiger charge is 2.24. The Labute approximate surface area is 195 Å². The second-order valence-electron chi connectivity index (χ2n) is 7.70. The summed E-state index contributed by atoms with van der Waals surface area (Å²) in [5, 5.41) is 13.5. The zero-order valence-corrected chi connectivity index (χ0v) is 19.8. The van der Waals surface area contributed by atoms with Crippen LogP contribution in [0.5, 0.6) is 0 Å². The van der Waals surface area contributed by atoms with Crippen LogP contribution in [-0.2, 0) is 11.3 Å². The number of thioether (sulfide) groups is 1. The van der Waals surface area contributed by atoms with Crippen molar-refractivity contribution in [3.8, 4) is 0 Å². The van der Waals surface area contributed by atoms with Gasteiger partial charge in [-0.1, -0.05) is 39.8 Å². The SMILES string of the molecule is O=C(CSc1nc2ccsc2c(=O)n1CC1CCC(C(=O)[O-])CC1)c1ccc(Br)cc1. The fourth-order valence-corrected chi connectivity index (χ4v) is 5.83. The number of hydrogen-bond acceptors (Lipinski definition) is 7. The maximum atomic E-state index is 13.1. The summed E-state index contributed by atoms with van der Waals surface area (Å²) in [6, 6.07) is 9.01. The highest BCUT2D eigenvalue weighted by atomic mass is 79.9. The molecule has 0 atom stereocenters. The van der Waals surface area contributed by atoms with Gasteiger partial charge in [-0.3, -0.25) is 14.2 Å². The van der Waals surface area contributed by atoms with Gasteiger partial charge in [0.15, 0.2) is 10.9 Å². The number of aliphatic carboxylic acids is 1. The van der Waals surface area contributed by atoms with Gasteiger partial charge in [0.05, 0.1) is 11.3 Å². The molecule has 2 heterocycles. The van der Waals surface area contributed by atoms with E-state index in [-0.39, 0.29) is 23.0 Å². The van der Waals surface area contributed by atoms with E-state index in [1.54, 1.807) is 16.7 Å². The number of thiophene rings is 1.